The first-order valence-corrected chi connectivity index (χ1v) is 8.89. The van der Waals surface area contributed by atoms with Crippen molar-refractivity contribution in [3.8, 4) is 0 Å². The van der Waals surface area contributed by atoms with Crippen molar-refractivity contribution in [2.45, 2.75) is 39.4 Å². The molecule has 124 valence electrons. The molecule has 0 saturated heterocycles. The van der Waals surface area contributed by atoms with Gasteiger partial charge < -0.3 is 4.90 Å². The molecule has 1 aliphatic rings. The highest BCUT2D eigenvalue weighted by Crippen LogP contribution is 2.25. The quantitative estimate of drug-likeness (QED) is 0.840. The molecule has 1 amide bonds. The zero-order chi connectivity index (χ0) is 16.4. The van der Waals surface area contributed by atoms with E-state index < -0.39 is 0 Å². The summed E-state index contributed by atoms with van der Waals surface area (Å²) in [6.45, 7) is 5.60. The fraction of sp³-hybridized carbons (Fsp3) is 0.562. The van der Waals surface area contributed by atoms with Gasteiger partial charge in [-0.25, -0.2) is 4.98 Å². The van der Waals surface area contributed by atoms with Gasteiger partial charge in [-0.3, -0.25) is 14.4 Å². The van der Waals surface area contributed by atoms with E-state index in [0.29, 0.717) is 5.69 Å². The Hall–Kier alpha value is -1.73. The first kappa shape index (κ1) is 16.1. The number of hydrogen-bond donors (Lipinski definition) is 0. The second-order valence-corrected chi connectivity index (χ2v) is 7.06. The van der Waals surface area contributed by atoms with E-state index >= 15 is 0 Å². The number of aryl methyl sites for hydroxylation is 1. The van der Waals surface area contributed by atoms with Crippen molar-refractivity contribution < 1.29 is 4.79 Å². The van der Waals surface area contributed by atoms with Crippen molar-refractivity contribution in [2.75, 3.05) is 20.6 Å². The Balaban J connectivity index is 1.88. The summed E-state index contributed by atoms with van der Waals surface area (Å²) in [6.07, 6.45) is 3.80. The standard InChI is InChI=1S/C16H23N5OS/c1-4-7-21-13-5-8-20(11-14-17-6-9-23-14)10-12(13)15(18-21)16(22)19(2)3/h6,9H,4-5,7-8,10-11H2,1-3H3. The number of rotatable bonds is 5. The number of carbonyl (C=O) groups excluding carboxylic acids is 1. The number of thiazole rings is 1. The van der Waals surface area contributed by atoms with E-state index in [1.165, 1.54) is 5.69 Å². The zero-order valence-electron chi connectivity index (χ0n) is 13.9. The molecule has 0 radical (unpaired) electrons. The SMILES string of the molecule is CCCn1nc(C(=O)N(C)C)c2c1CCN(Cc1nccs1)C2. The highest BCUT2D eigenvalue weighted by atomic mass is 32.1. The lowest BCUT2D eigenvalue weighted by Gasteiger charge is -2.27. The summed E-state index contributed by atoms with van der Waals surface area (Å²) in [5.74, 6) is -0.00722. The van der Waals surface area contributed by atoms with Gasteiger partial charge in [0.1, 0.15) is 5.01 Å². The van der Waals surface area contributed by atoms with E-state index in [4.69, 9.17) is 0 Å². The Labute approximate surface area is 140 Å². The molecule has 2 aromatic heterocycles. The molecule has 23 heavy (non-hydrogen) atoms. The summed E-state index contributed by atoms with van der Waals surface area (Å²) in [7, 11) is 3.56. The molecule has 0 aromatic carbocycles. The van der Waals surface area contributed by atoms with E-state index in [2.05, 4.69) is 21.9 Å². The van der Waals surface area contributed by atoms with Gasteiger partial charge in [0.25, 0.3) is 5.91 Å². The normalized spacial score (nSPS) is 14.7. The third kappa shape index (κ3) is 3.30. The summed E-state index contributed by atoms with van der Waals surface area (Å²) < 4.78 is 2.03. The van der Waals surface area contributed by atoms with Crippen molar-refractivity contribution in [3.63, 3.8) is 0 Å². The van der Waals surface area contributed by atoms with Crippen LogP contribution in [0.4, 0.5) is 0 Å². The first-order chi connectivity index (χ1) is 11.1. The summed E-state index contributed by atoms with van der Waals surface area (Å²) in [5.41, 5.74) is 2.94. The highest BCUT2D eigenvalue weighted by molar-refractivity contribution is 7.09. The monoisotopic (exact) mass is 333 g/mol. The molecule has 0 atom stereocenters. The minimum absolute atomic E-state index is 0.00722. The third-order valence-corrected chi connectivity index (χ3v) is 4.86. The third-order valence-electron chi connectivity index (χ3n) is 4.10. The molecule has 0 bridgehead atoms. The Kier molecular flexibility index (Phi) is 4.77. The van der Waals surface area contributed by atoms with E-state index in [9.17, 15) is 4.79 Å². The van der Waals surface area contributed by atoms with Crippen LogP contribution in [0.5, 0.6) is 0 Å². The summed E-state index contributed by atoms with van der Waals surface area (Å²) in [5, 5.41) is 7.75. The Bertz CT molecular complexity index is 677. The van der Waals surface area contributed by atoms with Crippen LogP contribution in [0.15, 0.2) is 11.6 Å². The smallest absolute Gasteiger partial charge is 0.274 e. The van der Waals surface area contributed by atoms with E-state index in [0.717, 1.165) is 49.6 Å². The minimum Gasteiger partial charge on any atom is -0.343 e. The van der Waals surface area contributed by atoms with Crippen molar-refractivity contribution in [1.82, 2.24) is 24.6 Å². The van der Waals surface area contributed by atoms with Gasteiger partial charge in [0.05, 0.1) is 6.54 Å². The second-order valence-electron chi connectivity index (χ2n) is 6.08. The van der Waals surface area contributed by atoms with Crippen LogP contribution in [-0.2, 0) is 26.1 Å². The van der Waals surface area contributed by atoms with Crippen LogP contribution in [0.2, 0.25) is 0 Å². The minimum atomic E-state index is -0.00722. The molecule has 3 heterocycles. The Morgan fingerprint density at radius 1 is 1.43 bits per heavy atom. The molecule has 0 saturated carbocycles. The topological polar surface area (TPSA) is 54.3 Å². The van der Waals surface area contributed by atoms with Crippen LogP contribution in [0.25, 0.3) is 0 Å². The molecule has 6 nitrogen and oxygen atoms in total. The Morgan fingerprint density at radius 2 is 2.26 bits per heavy atom. The molecular weight excluding hydrogens is 310 g/mol. The maximum Gasteiger partial charge on any atom is 0.274 e. The Morgan fingerprint density at radius 3 is 2.91 bits per heavy atom. The fourth-order valence-electron chi connectivity index (χ4n) is 2.98. The number of aromatic nitrogens is 3. The maximum absolute atomic E-state index is 12.5. The molecule has 2 aromatic rings. The van der Waals surface area contributed by atoms with Crippen LogP contribution in [0, 0.1) is 0 Å². The van der Waals surface area contributed by atoms with Gasteiger partial charge in [-0.2, -0.15) is 5.10 Å². The molecular formula is C16H23N5OS. The molecule has 3 rings (SSSR count). The van der Waals surface area contributed by atoms with Crippen LogP contribution >= 0.6 is 11.3 Å². The van der Waals surface area contributed by atoms with Gasteiger partial charge in [-0.1, -0.05) is 6.92 Å². The number of amides is 1. The molecule has 0 unspecified atom stereocenters. The van der Waals surface area contributed by atoms with Gasteiger partial charge >= 0.3 is 0 Å². The molecule has 0 N–H and O–H groups in total. The molecule has 1 aliphatic heterocycles. The number of fused-ring (bicyclic) bond motifs is 1. The highest BCUT2D eigenvalue weighted by Gasteiger charge is 2.28. The van der Waals surface area contributed by atoms with Crippen LogP contribution in [0.3, 0.4) is 0 Å². The van der Waals surface area contributed by atoms with E-state index in [1.54, 1.807) is 30.3 Å². The van der Waals surface area contributed by atoms with Crippen LogP contribution in [0.1, 0.15) is 40.1 Å². The van der Waals surface area contributed by atoms with E-state index in [1.807, 2.05) is 16.3 Å². The van der Waals surface area contributed by atoms with Gasteiger partial charge in [0.15, 0.2) is 5.69 Å². The number of carbonyl (C=O) groups is 1. The lowest BCUT2D eigenvalue weighted by molar-refractivity contribution is 0.0818. The van der Waals surface area contributed by atoms with Gasteiger partial charge in [0.2, 0.25) is 0 Å². The van der Waals surface area contributed by atoms with Crippen molar-refractivity contribution in [3.05, 3.63) is 33.5 Å². The first-order valence-electron chi connectivity index (χ1n) is 8.01. The summed E-state index contributed by atoms with van der Waals surface area (Å²) >= 11 is 1.68. The maximum atomic E-state index is 12.5. The van der Waals surface area contributed by atoms with Gasteiger partial charge in [0, 0.05) is 63.0 Å². The predicted molar refractivity (Wildman–Crippen MR) is 90.5 cm³/mol. The average Bonchev–Trinajstić information content (AvgIpc) is 3.15. The van der Waals surface area contributed by atoms with Crippen molar-refractivity contribution in [1.29, 1.82) is 0 Å². The molecule has 0 aliphatic carbocycles. The number of hydrogen-bond acceptors (Lipinski definition) is 5. The van der Waals surface area contributed by atoms with Crippen molar-refractivity contribution >= 4 is 17.2 Å². The molecule has 0 spiro atoms. The van der Waals surface area contributed by atoms with Crippen molar-refractivity contribution in [2.24, 2.45) is 0 Å². The van der Waals surface area contributed by atoms with Crippen LogP contribution < -0.4 is 0 Å². The molecule has 7 heteroatoms. The molecule has 0 fully saturated rings. The summed E-state index contributed by atoms with van der Waals surface area (Å²) in [6, 6.07) is 0. The predicted octanol–water partition coefficient (Wildman–Crippen LogP) is 2.01. The van der Waals surface area contributed by atoms with Crippen LogP contribution in [-0.4, -0.2) is 51.1 Å². The largest absolute Gasteiger partial charge is 0.343 e. The van der Waals surface area contributed by atoms with E-state index in [-0.39, 0.29) is 5.91 Å². The lowest BCUT2D eigenvalue weighted by Crippen LogP contribution is -2.32. The van der Waals surface area contributed by atoms with Gasteiger partial charge in [-0.15, -0.1) is 11.3 Å². The lowest BCUT2D eigenvalue weighted by atomic mass is 10.0. The second kappa shape index (κ2) is 6.80. The van der Waals surface area contributed by atoms with Gasteiger partial charge in [-0.05, 0) is 6.42 Å². The average molecular weight is 333 g/mol. The number of nitrogens with zero attached hydrogens (tertiary/aromatic N) is 5. The zero-order valence-corrected chi connectivity index (χ0v) is 14.8. The summed E-state index contributed by atoms with van der Waals surface area (Å²) in [4.78, 5) is 20.8. The fourth-order valence-corrected chi connectivity index (χ4v) is 3.64.